The molecule has 4 nitrogen and oxygen atoms in total. The maximum absolute atomic E-state index is 12.7. The van der Waals surface area contributed by atoms with Crippen LogP contribution >= 0.6 is 0 Å². The van der Waals surface area contributed by atoms with E-state index in [2.05, 4.69) is 5.32 Å². The Morgan fingerprint density at radius 1 is 1.24 bits per heavy atom. The molecule has 0 aromatic heterocycles. The lowest BCUT2D eigenvalue weighted by Crippen LogP contribution is -2.42. The van der Waals surface area contributed by atoms with Crippen molar-refractivity contribution >= 4 is 10.0 Å². The number of nitrogens with zero attached hydrogens (tertiary/aromatic N) is 1. The first kappa shape index (κ1) is 16.5. The van der Waals surface area contributed by atoms with Gasteiger partial charge in [-0.15, -0.1) is 0 Å². The summed E-state index contributed by atoms with van der Waals surface area (Å²) < 4.78 is 27.1. The average Bonchev–Trinajstić information content (AvgIpc) is 2.80. The van der Waals surface area contributed by atoms with Crippen molar-refractivity contribution in [1.29, 1.82) is 0 Å². The van der Waals surface area contributed by atoms with E-state index in [4.69, 9.17) is 0 Å². The molecule has 0 bridgehead atoms. The molecule has 0 aliphatic carbocycles. The van der Waals surface area contributed by atoms with Crippen LogP contribution in [0.4, 0.5) is 0 Å². The second-order valence-electron chi connectivity index (χ2n) is 6.34. The standard InChI is InChI=1S/C16H26N2O2S/c1-16(2)11-5-13-18(16)21(19,20)15-9-7-14(8-10-15)6-4-12-17-3/h7-10,17H,4-6,11-13H2,1-3H3. The number of nitrogens with one attached hydrogen (secondary N) is 1. The van der Waals surface area contributed by atoms with E-state index in [-0.39, 0.29) is 5.54 Å². The predicted molar refractivity (Wildman–Crippen MR) is 85.9 cm³/mol. The van der Waals surface area contributed by atoms with E-state index in [0.29, 0.717) is 11.4 Å². The van der Waals surface area contributed by atoms with Gasteiger partial charge in [-0.05, 0) is 70.8 Å². The van der Waals surface area contributed by atoms with Crippen LogP contribution in [0, 0.1) is 0 Å². The summed E-state index contributed by atoms with van der Waals surface area (Å²) in [6.45, 7) is 5.61. The molecule has 0 atom stereocenters. The van der Waals surface area contributed by atoms with E-state index < -0.39 is 10.0 Å². The lowest BCUT2D eigenvalue weighted by molar-refractivity contribution is 0.291. The highest BCUT2D eigenvalue weighted by Crippen LogP contribution is 2.33. The molecule has 5 heteroatoms. The van der Waals surface area contributed by atoms with Crippen molar-refractivity contribution in [3.8, 4) is 0 Å². The molecule has 1 aromatic rings. The first-order chi connectivity index (χ1) is 9.88. The monoisotopic (exact) mass is 310 g/mol. The summed E-state index contributed by atoms with van der Waals surface area (Å²) in [4.78, 5) is 0.412. The highest BCUT2D eigenvalue weighted by atomic mass is 32.2. The molecule has 1 N–H and O–H groups in total. The summed E-state index contributed by atoms with van der Waals surface area (Å²) >= 11 is 0. The number of rotatable bonds is 6. The van der Waals surface area contributed by atoms with Crippen molar-refractivity contribution in [3.05, 3.63) is 29.8 Å². The van der Waals surface area contributed by atoms with Gasteiger partial charge in [0.1, 0.15) is 0 Å². The summed E-state index contributed by atoms with van der Waals surface area (Å²) in [6, 6.07) is 7.37. The molecule has 118 valence electrons. The first-order valence-electron chi connectivity index (χ1n) is 7.64. The lowest BCUT2D eigenvalue weighted by Gasteiger charge is -2.30. The van der Waals surface area contributed by atoms with E-state index in [0.717, 1.165) is 32.2 Å². The van der Waals surface area contributed by atoms with Gasteiger partial charge in [-0.3, -0.25) is 0 Å². The molecular weight excluding hydrogens is 284 g/mol. The van der Waals surface area contributed by atoms with Crippen molar-refractivity contribution in [2.24, 2.45) is 0 Å². The molecule has 1 heterocycles. The zero-order valence-corrected chi connectivity index (χ0v) is 14.0. The fraction of sp³-hybridized carbons (Fsp3) is 0.625. The van der Waals surface area contributed by atoms with Gasteiger partial charge in [-0.2, -0.15) is 4.31 Å². The number of hydrogen-bond donors (Lipinski definition) is 1. The van der Waals surface area contributed by atoms with Gasteiger partial charge in [0, 0.05) is 12.1 Å². The molecule has 1 aliphatic heterocycles. The molecule has 21 heavy (non-hydrogen) atoms. The minimum atomic E-state index is -3.37. The Hall–Kier alpha value is -0.910. The van der Waals surface area contributed by atoms with Crippen molar-refractivity contribution in [3.63, 3.8) is 0 Å². The van der Waals surface area contributed by atoms with Crippen LogP contribution in [0.25, 0.3) is 0 Å². The van der Waals surface area contributed by atoms with Gasteiger partial charge >= 0.3 is 0 Å². The topological polar surface area (TPSA) is 49.4 Å². The van der Waals surface area contributed by atoms with Gasteiger partial charge in [0.25, 0.3) is 0 Å². The van der Waals surface area contributed by atoms with E-state index in [1.807, 2.05) is 33.0 Å². The van der Waals surface area contributed by atoms with Gasteiger partial charge in [-0.25, -0.2) is 8.42 Å². The maximum atomic E-state index is 12.7. The molecule has 1 fully saturated rings. The molecule has 2 rings (SSSR count). The van der Waals surface area contributed by atoms with E-state index >= 15 is 0 Å². The van der Waals surface area contributed by atoms with E-state index in [1.165, 1.54) is 5.56 Å². The average molecular weight is 310 g/mol. The Balaban J connectivity index is 2.14. The van der Waals surface area contributed by atoms with Crippen LogP contribution in [-0.4, -0.2) is 38.4 Å². The molecule has 1 aliphatic rings. The molecule has 0 saturated carbocycles. The summed E-state index contributed by atoms with van der Waals surface area (Å²) in [6.07, 6.45) is 3.89. The quantitative estimate of drug-likeness (QED) is 0.821. The largest absolute Gasteiger partial charge is 0.320 e. The number of aryl methyl sites for hydroxylation is 1. The first-order valence-corrected chi connectivity index (χ1v) is 9.08. The summed E-state index contributed by atoms with van der Waals surface area (Å²) in [5, 5.41) is 3.12. The van der Waals surface area contributed by atoms with Crippen LogP contribution in [0.3, 0.4) is 0 Å². The Morgan fingerprint density at radius 2 is 1.90 bits per heavy atom. The second kappa shape index (κ2) is 6.46. The van der Waals surface area contributed by atoms with Gasteiger partial charge in [0.15, 0.2) is 0 Å². The Kier molecular flexibility index (Phi) is 5.07. The zero-order chi connectivity index (χ0) is 15.5. The molecule has 1 aromatic carbocycles. The summed E-state index contributed by atoms with van der Waals surface area (Å²) in [7, 11) is -1.43. The third-order valence-corrected chi connectivity index (χ3v) is 6.35. The van der Waals surface area contributed by atoms with Crippen LogP contribution in [-0.2, 0) is 16.4 Å². The Labute approximate surface area is 128 Å². The molecule has 0 spiro atoms. The van der Waals surface area contributed by atoms with E-state index in [1.54, 1.807) is 16.4 Å². The smallest absolute Gasteiger partial charge is 0.243 e. The molecule has 1 saturated heterocycles. The third kappa shape index (κ3) is 3.65. The van der Waals surface area contributed by atoms with Gasteiger partial charge in [0.05, 0.1) is 4.90 Å². The Bertz CT molecular complexity index is 564. The Morgan fingerprint density at radius 3 is 2.43 bits per heavy atom. The number of benzene rings is 1. The number of sulfonamides is 1. The highest BCUT2D eigenvalue weighted by Gasteiger charge is 2.40. The van der Waals surface area contributed by atoms with Crippen LogP contribution < -0.4 is 5.32 Å². The fourth-order valence-corrected chi connectivity index (χ4v) is 4.80. The van der Waals surface area contributed by atoms with Crippen LogP contribution in [0.1, 0.15) is 38.7 Å². The minimum Gasteiger partial charge on any atom is -0.320 e. The maximum Gasteiger partial charge on any atom is 0.243 e. The van der Waals surface area contributed by atoms with Crippen molar-refractivity contribution in [1.82, 2.24) is 9.62 Å². The predicted octanol–water partition coefficient (Wildman–Crippen LogP) is 2.40. The molecule has 0 radical (unpaired) electrons. The molecular formula is C16H26N2O2S. The van der Waals surface area contributed by atoms with Crippen molar-refractivity contribution in [2.45, 2.75) is 50.0 Å². The highest BCUT2D eigenvalue weighted by molar-refractivity contribution is 7.89. The van der Waals surface area contributed by atoms with Crippen LogP contribution in [0.2, 0.25) is 0 Å². The number of hydrogen-bond acceptors (Lipinski definition) is 3. The van der Waals surface area contributed by atoms with Gasteiger partial charge in [0.2, 0.25) is 10.0 Å². The van der Waals surface area contributed by atoms with Gasteiger partial charge in [-0.1, -0.05) is 12.1 Å². The molecule has 0 amide bonds. The van der Waals surface area contributed by atoms with Crippen LogP contribution in [0.5, 0.6) is 0 Å². The van der Waals surface area contributed by atoms with Gasteiger partial charge < -0.3 is 5.32 Å². The van der Waals surface area contributed by atoms with Crippen LogP contribution in [0.15, 0.2) is 29.2 Å². The normalized spacial score (nSPS) is 19.0. The summed E-state index contributed by atoms with van der Waals surface area (Å²) in [5.41, 5.74) is 0.912. The fourth-order valence-electron chi connectivity index (χ4n) is 2.95. The minimum absolute atomic E-state index is 0.274. The SMILES string of the molecule is CNCCCc1ccc(S(=O)(=O)N2CCCC2(C)C)cc1. The van der Waals surface area contributed by atoms with Crippen molar-refractivity contribution in [2.75, 3.05) is 20.1 Å². The lowest BCUT2D eigenvalue weighted by atomic mass is 10.0. The van der Waals surface area contributed by atoms with Crippen molar-refractivity contribution < 1.29 is 8.42 Å². The summed E-state index contributed by atoms with van der Waals surface area (Å²) in [5.74, 6) is 0. The second-order valence-corrected chi connectivity index (χ2v) is 8.21. The van der Waals surface area contributed by atoms with E-state index in [9.17, 15) is 8.42 Å². The third-order valence-electron chi connectivity index (χ3n) is 4.23. The zero-order valence-electron chi connectivity index (χ0n) is 13.2. The molecule has 0 unspecified atom stereocenters.